The van der Waals surface area contributed by atoms with Crippen LogP contribution in [0.3, 0.4) is 0 Å². The third-order valence-corrected chi connectivity index (χ3v) is 4.54. The second-order valence-electron chi connectivity index (χ2n) is 5.79. The first kappa shape index (κ1) is 18.7. The number of benzene rings is 1. The van der Waals surface area contributed by atoms with Crippen molar-refractivity contribution < 1.29 is 13.9 Å². The van der Waals surface area contributed by atoms with Crippen molar-refractivity contribution in [3.05, 3.63) is 64.5 Å². The van der Waals surface area contributed by atoms with Gasteiger partial charge in [0.25, 0.3) is 0 Å². The van der Waals surface area contributed by atoms with Gasteiger partial charge in [0.1, 0.15) is 5.69 Å². The third-order valence-electron chi connectivity index (χ3n) is 3.69. The first-order valence-corrected chi connectivity index (χ1v) is 9.16. The van der Waals surface area contributed by atoms with E-state index in [0.29, 0.717) is 18.0 Å². The summed E-state index contributed by atoms with van der Waals surface area (Å²) < 4.78 is 18.1. The molecule has 0 radical (unpaired) electrons. The van der Waals surface area contributed by atoms with Crippen LogP contribution in [0.15, 0.2) is 68.6 Å². The Bertz CT molecular complexity index is 1010. The van der Waals surface area contributed by atoms with Gasteiger partial charge in [-0.1, -0.05) is 18.2 Å². The number of hydrogen-bond donors (Lipinski definition) is 0. The first-order chi connectivity index (χ1) is 13.1. The van der Waals surface area contributed by atoms with E-state index in [2.05, 4.69) is 16.7 Å². The second-order valence-corrected chi connectivity index (χ2v) is 6.63. The Morgan fingerprint density at radius 2 is 2.11 bits per heavy atom. The number of hydrogen-bond acceptors (Lipinski definition) is 6. The summed E-state index contributed by atoms with van der Waals surface area (Å²) in [6, 6.07) is 9.38. The van der Waals surface area contributed by atoms with E-state index in [0.717, 1.165) is 27.4 Å². The topological polar surface area (TPSA) is 61.2 Å². The Kier molecular flexibility index (Phi) is 5.93. The Balaban J connectivity index is 2.08. The molecule has 0 aliphatic rings. The molecule has 3 aromatic rings. The highest BCUT2D eigenvalue weighted by Crippen LogP contribution is 2.29. The van der Waals surface area contributed by atoms with Crippen LogP contribution in [0.1, 0.15) is 12.5 Å². The fourth-order valence-electron chi connectivity index (χ4n) is 2.45. The van der Waals surface area contributed by atoms with E-state index in [-0.39, 0.29) is 0 Å². The SMILES string of the molecule is C=C(C)CN=c1scc(-c2ccco2)n1N=Cc1cccc(OC)c1OC. The van der Waals surface area contributed by atoms with E-state index in [1.807, 2.05) is 42.6 Å². The van der Waals surface area contributed by atoms with Crippen molar-refractivity contribution in [2.45, 2.75) is 6.92 Å². The summed E-state index contributed by atoms with van der Waals surface area (Å²) in [4.78, 5) is 5.35. The average Bonchev–Trinajstić information content (AvgIpc) is 3.33. The van der Waals surface area contributed by atoms with Crippen LogP contribution in [0.2, 0.25) is 0 Å². The molecule has 7 heteroatoms. The number of nitrogens with zero attached hydrogens (tertiary/aromatic N) is 3. The lowest BCUT2D eigenvalue weighted by Crippen LogP contribution is -2.13. The third kappa shape index (κ3) is 4.20. The van der Waals surface area contributed by atoms with Gasteiger partial charge < -0.3 is 13.9 Å². The number of thiazole rings is 1. The van der Waals surface area contributed by atoms with E-state index >= 15 is 0 Å². The first-order valence-electron chi connectivity index (χ1n) is 8.28. The highest BCUT2D eigenvalue weighted by Gasteiger charge is 2.11. The fourth-order valence-corrected chi connectivity index (χ4v) is 3.27. The van der Waals surface area contributed by atoms with Gasteiger partial charge in [-0.05, 0) is 31.2 Å². The summed E-state index contributed by atoms with van der Waals surface area (Å²) in [5, 5.41) is 6.61. The Morgan fingerprint density at radius 3 is 2.78 bits per heavy atom. The molecule has 1 aromatic carbocycles. The maximum absolute atomic E-state index is 5.54. The molecule has 2 heterocycles. The summed E-state index contributed by atoms with van der Waals surface area (Å²) >= 11 is 1.49. The van der Waals surface area contributed by atoms with Gasteiger partial charge in [-0.2, -0.15) is 5.10 Å². The maximum Gasteiger partial charge on any atom is 0.206 e. The van der Waals surface area contributed by atoms with Crippen molar-refractivity contribution in [1.29, 1.82) is 0 Å². The van der Waals surface area contributed by atoms with Gasteiger partial charge in [0.05, 0.1) is 33.2 Å². The highest BCUT2D eigenvalue weighted by molar-refractivity contribution is 7.07. The molecule has 2 aromatic heterocycles. The molecule has 0 amide bonds. The predicted octanol–water partition coefficient (Wildman–Crippen LogP) is 4.19. The van der Waals surface area contributed by atoms with Crippen LogP contribution in [0.5, 0.6) is 11.5 Å². The molecule has 3 rings (SSSR count). The molecule has 0 aliphatic heterocycles. The minimum absolute atomic E-state index is 0.538. The fraction of sp³-hybridized carbons (Fsp3) is 0.200. The molecule has 0 atom stereocenters. The summed E-state index contributed by atoms with van der Waals surface area (Å²) in [6.45, 7) is 6.39. The number of aromatic nitrogens is 1. The van der Waals surface area contributed by atoms with Crippen molar-refractivity contribution in [3.63, 3.8) is 0 Å². The molecule has 0 saturated carbocycles. The largest absolute Gasteiger partial charge is 0.493 e. The van der Waals surface area contributed by atoms with E-state index in [9.17, 15) is 0 Å². The van der Waals surface area contributed by atoms with Crippen LogP contribution in [0, 0.1) is 0 Å². The van der Waals surface area contributed by atoms with Crippen molar-refractivity contribution in [2.75, 3.05) is 20.8 Å². The van der Waals surface area contributed by atoms with Gasteiger partial charge in [-0.15, -0.1) is 11.3 Å². The Morgan fingerprint density at radius 1 is 1.26 bits per heavy atom. The maximum atomic E-state index is 5.54. The standard InChI is InChI=1S/C20H21N3O3S/c1-14(2)11-21-20-23(16(13-27-20)17-9-6-10-26-17)22-12-15-7-5-8-18(24-3)19(15)25-4/h5-10,12-13H,1,11H2,2-4H3. The van der Waals surface area contributed by atoms with E-state index < -0.39 is 0 Å². The molecular weight excluding hydrogens is 362 g/mol. The zero-order chi connectivity index (χ0) is 19.2. The number of para-hydroxylation sites is 1. The van der Waals surface area contributed by atoms with E-state index in [1.54, 1.807) is 31.4 Å². The molecule has 0 saturated heterocycles. The predicted molar refractivity (Wildman–Crippen MR) is 108 cm³/mol. The van der Waals surface area contributed by atoms with Gasteiger partial charge in [0.15, 0.2) is 17.3 Å². The molecule has 0 spiro atoms. The molecule has 0 N–H and O–H groups in total. The monoisotopic (exact) mass is 383 g/mol. The number of furan rings is 1. The summed E-state index contributed by atoms with van der Waals surface area (Å²) in [5.41, 5.74) is 2.60. The smallest absolute Gasteiger partial charge is 0.206 e. The normalized spacial score (nSPS) is 11.9. The van der Waals surface area contributed by atoms with Gasteiger partial charge in [0, 0.05) is 10.9 Å². The minimum atomic E-state index is 0.538. The molecule has 0 unspecified atom stereocenters. The molecule has 0 fully saturated rings. The lowest BCUT2D eigenvalue weighted by atomic mass is 10.2. The Hall–Kier alpha value is -3.06. The molecule has 6 nitrogen and oxygen atoms in total. The zero-order valence-electron chi connectivity index (χ0n) is 15.5. The highest BCUT2D eigenvalue weighted by atomic mass is 32.1. The molecular formula is C20H21N3O3S. The van der Waals surface area contributed by atoms with Gasteiger partial charge in [-0.25, -0.2) is 4.68 Å². The van der Waals surface area contributed by atoms with Crippen LogP contribution >= 0.6 is 11.3 Å². The molecule has 0 aliphatic carbocycles. The molecule has 27 heavy (non-hydrogen) atoms. The van der Waals surface area contributed by atoms with Crippen LogP contribution in [-0.2, 0) is 0 Å². The second kappa shape index (κ2) is 8.55. The lowest BCUT2D eigenvalue weighted by molar-refractivity contribution is 0.354. The van der Waals surface area contributed by atoms with Gasteiger partial charge >= 0.3 is 0 Å². The summed E-state index contributed by atoms with van der Waals surface area (Å²) in [6.07, 6.45) is 3.36. The van der Waals surface area contributed by atoms with E-state index in [1.165, 1.54) is 11.3 Å². The zero-order valence-corrected chi connectivity index (χ0v) is 16.3. The summed E-state index contributed by atoms with van der Waals surface area (Å²) in [7, 11) is 3.21. The van der Waals surface area contributed by atoms with Crippen molar-refractivity contribution >= 4 is 17.6 Å². The Labute approximate surface area is 161 Å². The lowest BCUT2D eigenvalue weighted by Gasteiger charge is -2.09. The van der Waals surface area contributed by atoms with Crippen molar-refractivity contribution in [2.24, 2.45) is 10.1 Å². The van der Waals surface area contributed by atoms with Crippen molar-refractivity contribution in [1.82, 2.24) is 4.68 Å². The quantitative estimate of drug-likeness (QED) is 0.454. The minimum Gasteiger partial charge on any atom is -0.493 e. The van der Waals surface area contributed by atoms with E-state index in [4.69, 9.17) is 13.9 Å². The van der Waals surface area contributed by atoms with Crippen LogP contribution < -0.4 is 14.3 Å². The number of ether oxygens (including phenoxy) is 2. The number of rotatable bonds is 7. The average molecular weight is 383 g/mol. The number of methoxy groups -OCH3 is 2. The van der Waals surface area contributed by atoms with Crippen LogP contribution in [0.4, 0.5) is 0 Å². The van der Waals surface area contributed by atoms with Gasteiger partial charge in [-0.3, -0.25) is 4.99 Å². The van der Waals surface area contributed by atoms with Crippen LogP contribution in [-0.4, -0.2) is 31.7 Å². The van der Waals surface area contributed by atoms with Crippen molar-refractivity contribution in [3.8, 4) is 23.0 Å². The van der Waals surface area contributed by atoms with Crippen LogP contribution in [0.25, 0.3) is 11.5 Å². The summed E-state index contributed by atoms with van der Waals surface area (Å²) in [5.74, 6) is 1.99. The molecule has 140 valence electrons. The molecule has 0 bridgehead atoms. The van der Waals surface area contributed by atoms with Gasteiger partial charge in [0.2, 0.25) is 4.80 Å².